The molecular formula is C13H15FN4. The summed E-state index contributed by atoms with van der Waals surface area (Å²) in [7, 11) is 0. The molecule has 18 heavy (non-hydrogen) atoms. The molecule has 1 aromatic carbocycles. The highest BCUT2D eigenvalue weighted by atomic mass is 19.1. The van der Waals surface area contributed by atoms with Crippen LogP contribution in [0.15, 0.2) is 18.2 Å². The van der Waals surface area contributed by atoms with Crippen molar-refractivity contribution in [3.8, 4) is 11.4 Å². The Labute approximate surface area is 105 Å². The molecule has 0 radical (unpaired) electrons. The van der Waals surface area contributed by atoms with Crippen molar-refractivity contribution in [2.24, 2.45) is 0 Å². The molecule has 2 aromatic rings. The third-order valence-electron chi connectivity index (χ3n) is 3.36. The van der Waals surface area contributed by atoms with Crippen LogP contribution in [0, 0.1) is 5.82 Å². The summed E-state index contributed by atoms with van der Waals surface area (Å²) in [5.74, 6) is 1.43. The van der Waals surface area contributed by atoms with Crippen LogP contribution in [0.3, 0.4) is 0 Å². The van der Waals surface area contributed by atoms with E-state index in [9.17, 15) is 4.39 Å². The predicted molar refractivity (Wildman–Crippen MR) is 67.4 cm³/mol. The van der Waals surface area contributed by atoms with Gasteiger partial charge in [-0.05, 0) is 31.0 Å². The number of rotatable bonds is 1. The zero-order valence-corrected chi connectivity index (χ0v) is 10.1. The molecule has 5 heteroatoms. The van der Waals surface area contributed by atoms with E-state index in [0.717, 1.165) is 43.0 Å². The Kier molecular flexibility index (Phi) is 2.74. The molecule has 1 aliphatic heterocycles. The smallest absolute Gasteiger partial charge is 0.166 e. The van der Waals surface area contributed by atoms with Gasteiger partial charge < -0.3 is 10.3 Å². The van der Waals surface area contributed by atoms with Gasteiger partial charge in [-0.1, -0.05) is 6.42 Å². The summed E-state index contributed by atoms with van der Waals surface area (Å²) in [6, 6.07) is 4.41. The second-order valence-corrected chi connectivity index (χ2v) is 4.63. The molecule has 94 valence electrons. The van der Waals surface area contributed by atoms with Gasteiger partial charge in [0.25, 0.3) is 0 Å². The van der Waals surface area contributed by atoms with Crippen molar-refractivity contribution in [3.05, 3.63) is 29.8 Å². The van der Waals surface area contributed by atoms with Gasteiger partial charge in [-0.15, -0.1) is 10.2 Å². The van der Waals surface area contributed by atoms with Crippen molar-refractivity contribution >= 4 is 5.69 Å². The quantitative estimate of drug-likeness (QED) is 0.786. The zero-order chi connectivity index (χ0) is 12.5. The van der Waals surface area contributed by atoms with Crippen LogP contribution in [0.1, 0.15) is 25.1 Å². The molecule has 0 fully saturated rings. The van der Waals surface area contributed by atoms with Crippen LogP contribution in [0.25, 0.3) is 11.4 Å². The van der Waals surface area contributed by atoms with Crippen LogP contribution in [-0.2, 0) is 13.0 Å². The van der Waals surface area contributed by atoms with Gasteiger partial charge in [0.05, 0.1) is 0 Å². The predicted octanol–water partition coefficient (Wildman–Crippen LogP) is 2.39. The average molecular weight is 246 g/mol. The highest BCUT2D eigenvalue weighted by molar-refractivity contribution is 5.71. The normalized spacial score (nSPS) is 15.2. The number of nitrogen functional groups attached to an aromatic ring is 1. The number of aromatic nitrogens is 3. The Morgan fingerprint density at radius 2 is 2.06 bits per heavy atom. The first kappa shape index (κ1) is 11.2. The van der Waals surface area contributed by atoms with Crippen molar-refractivity contribution in [2.45, 2.75) is 32.2 Å². The van der Waals surface area contributed by atoms with E-state index in [4.69, 9.17) is 5.73 Å². The fourth-order valence-corrected chi connectivity index (χ4v) is 2.42. The molecule has 0 bridgehead atoms. The van der Waals surface area contributed by atoms with E-state index in [1.54, 1.807) is 6.07 Å². The Balaban J connectivity index is 2.09. The number of hydrogen-bond donors (Lipinski definition) is 1. The number of fused-ring (bicyclic) bond motifs is 1. The fraction of sp³-hybridized carbons (Fsp3) is 0.385. The summed E-state index contributed by atoms with van der Waals surface area (Å²) in [6.07, 6.45) is 4.44. The summed E-state index contributed by atoms with van der Waals surface area (Å²) in [5.41, 5.74) is 7.04. The number of nitrogens with two attached hydrogens (primary N) is 1. The highest BCUT2D eigenvalue weighted by Gasteiger charge is 2.17. The number of hydrogen-bond acceptors (Lipinski definition) is 3. The average Bonchev–Trinajstić information content (AvgIpc) is 2.59. The first-order chi connectivity index (χ1) is 8.75. The largest absolute Gasteiger partial charge is 0.398 e. The minimum absolute atomic E-state index is 0.327. The van der Waals surface area contributed by atoms with E-state index < -0.39 is 0 Å². The summed E-state index contributed by atoms with van der Waals surface area (Å²) in [5, 5.41) is 8.43. The van der Waals surface area contributed by atoms with E-state index in [-0.39, 0.29) is 5.82 Å². The maximum atomic E-state index is 13.1. The maximum Gasteiger partial charge on any atom is 0.166 e. The molecule has 0 spiro atoms. The van der Waals surface area contributed by atoms with Crippen LogP contribution < -0.4 is 5.73 Å². The highest BCUT2D eigenvalue weighted by Crippen LogP contribution is 2.27. The van der Waals surface area contributed by atoms with Gasteiger partial charge in [0.2, 0.25) is 0 Å². The number of benzene rings is 1. The van der Waals surface area contributed by atoms with Crippen molar-refractivity contribution in [2.75, 3.05) is 5.73 Å². The van der Waals surface area contributed by atoms with Crippen molar-refractivity contribution < 1.29 is 4.39 Å². The monoisotopic (exact) mass is 246 g/mol. The minimum Gasteiger partial charge on any atom is -0.398 e. The molecule has 0 saturated carbocycles. The number of anilines is 1. The third-order valence-corrected chi connectivity index (χ3v) is 3.36. The van der Waals surface area contributed by atoms with Gasteiger partial charge >= 0.3 is 0 Å². The number of halogens is 1. The van der Waals surface area contributed by atoms with Crippen LogP contribution in [0.5, 0.6) is 0 Å². The minimum atomic E-state index is -0.327. The molecule has 0 aliphatic carbocycles. The summed E-state index contributed by atoms with van der Waals surface area (Å²) < 4.78 is 15.2. The van der Waals surface area contributed by atoms with Gasteiger partial charge in [-0.25, -0.2) is 4.39 Å². The summed E-state index contributed by atoms with van der Waals surface area (Å²) in [4.78, 5) is 0. The van der Waals surface area contributed by atoms with Gasteiger partial charge in [-0.3, -0.25) is 0 Å². The van der Waals surface area contributed by atoms with Gasteiger partial charge in [0.15, 0.2) is 5.82 Å². The lowest BCUT2D eigenvalue weighted by Crippen LogP contribution is -2.04. The Morgan fingerprint density at radius 1 is 1.17 bits per heavy atom. The van der Waals surface area contributed by atoms with Crippen molar-refractivity contribution in [1.29, 1.82) is 0 Å². The fourth-order valence-electron chi connectivity index (χ4n) is 2.42. The number of aryl methyl sites for hydroxylation is 1. The summed E-state index contributed by atoms with van der Waals surface area (Å²) >= 11 is 0. The summed E-state index contributed by atoms with van der Waals surface area (Å²) in [6.45, 7) is 0.911. The Bertz CT molecular complexity index is 576. The van der Waals surface area contributed by atoms with Gasteiger partial charge in [-0.2, -0.15) is 0 Å². The lowest BCUT2D eigenvalue weighted by atomic mass is 10.1. The molecule has 2 heterocycles. The lowest BCUT2D eigenvalue weighted by molar-refractivity contribution is 0.627. The van der Waals surface area contributed by atoms with E-state index in [0.29, 0.717) is 5.69 Å². The SMILES string of the molecule is Nc1cc(F)ccc1-c1nnc2n1CCCCC2. The second kappa shape index (κ2) is 4.40. The van der Waals surface area contributed by atoms with Crippen molar-refractivity contribution in [3.63, 3.8) is 0 Å². The van der Waals surface area contributed by atoms with E-state index in [1.807, 2.05) is 0 Å². The molecule has 2 N–H and O–H groups in total. The maximum absolute atomic E-state index is 13.1. The molecule has 1 aliphatic rings. The van der Waals surface area contributed by atoms with Crippen LogP contribution in [0.4, 0.5) is 10.1 Å². The first-order valence-corrected chi connectivity index (χ1v) is 6.23. The van der Waals surface area contributed by atoms with E-state index >= 15 is 0 Å². The van der Waals surface area contributed by atoms with E-state index in [1.165, 1.54) is 18.6 Å². The first-order valence-electron chi connectivity index (χ1n) is 6.23. The second-order valence-electron chi connectivity index (χ2n) is 4.63. The lowest BCUT2D eigenvalue weighted by Gasteiger charge is -2.08. The van der Waals surface area contributed by atoms with Crippen LogP contribution >= 0.6 is 0 Å². The Hall–Kier alpha value is -1.91. The van der Waals surface area contributed by atoms with Crippen molar-refractivity contribution in [1.82, 2.24) is 14.8 Å². The molecular weight excluding hydrogens is 231 g/mol. The third kappa shape index (κ3) is 1.85. The standard InChI is InChI=1S/C13H15FN4/c14-9-5-6-10(11(15)8-9)13-17-16-12-4-2-1-3-7-18(12)13/h5-6,8H,1-4,7,15H2. The van der Waals surface area contributed by atoms with Gasteiger partial charge in [0, 0.05) is 24.2 Å². The molecule has 0 amide bonds. The molecule has 1 aromatic heterocycles. The molecule has 0 unspecified atom stereocenters. The molecule has 3 rings (SSSR count). The van der Waals surface area contributed by atoms with E-state index in [2.05, 4.69) is 14.8 Å². The molecule has 0 saturated heterocycles. The van der Waals surface area contributed by atoms with Gasteiger partial charge in [0.1, 0.15) is 11.6 Å². The number of nitrogens with zero attached hydrogens (tertiary/aromatic N) is 3. The molecule has 0 atom stereocenters. The van der Waals surface area contributed by atoms with Crippen LogP contribution in [-0.4, -0.2) is 14.8 Å². The zero-order valence-electron chi connectivity index (χ0n) is 10.1. The van der Waals surface area contributed by atoms with Crippen LogP contribution in [0.2, 0.25) is 0 Å². The Morgan fingerprint density at radius 3 is 2.89 bits per heavy atom. The topological polar surface area (TPSA) is 56.7 Å². The molecule has 4 nitrogen and oxygen atoms in total.